The van der Waals surface area contributed by atoms with E-state index >= 15 is 0 Å². The Morgan fingerprint density at radius 2 is 1.65 bits per heavy atom. The van der Waals surface area contributed by atoms with Crippen LogP contribution in [-0.4, -0.2) is 24.9 Å². The Balaban J connectivity index is 2.32. The van der Waals surface area contributed by atoms with Crippen molar-refractivity contribution in [1.29, 1.82) is 0 Å². The molecule has 0 unspecified atom stereocenters. The van der Waals surface area contributed by atoms with Gasteiger partial charge in [0.2, 0.25) is 0 Å². The van der Waals surface area contributed by atoms with E-state index in [2.05, 4.69) is 11.9 Å². The number of hydrogen-bond donors (Lipinski definition) is 0. The van der Waals surface area contributed by atoms with Gasteiger partial charge in [-0.2, -0.15) is 0 Å². The second kappa shape index (κ2) is 7.86. The molecule has 23 heavy (non-hydrogen) atoms. The van der Waals surface area contributed by atoms with E-state index in [1.807, 2.05) is 10.8 Å². The predicted octanol–water partition coefficient (Wildman–Crippen LogP) is 2.52. The molecule has 0 aliphatic carbocycles. The van der Waals surface area contributed by atoms with Crippen LogP contribution in [0.1, 0.15) is 45.4 Å². The number of aromatic nitrogens is 4. The van der Waals surface area contributed by atoms with E-state index in [0.29, 0.717) is 11.2 Å². The molecule has 0 saturated heterocycles. The Hall–Kier alpha value is -1.50. The average Bonchev–Trinajstić information content (AvgIpc) is 2.93. The Morgan fingerprint density at radius 3 is 2.30 bits per heavy atom. The van der Waals surface area contributed by atoms with Crippen molar-refractivity contribution in [2.24, 2.45) is 14.1 Å². The molecule has 0 aromatic carbocycles. The summed E-state index contributed by atoms with van der Waals surface area (Å²) >= 11 is 1.51. The summed E-state index contributed by atoms with van der Waals surface area (Å²) in [4.78, 5) is 29.0. The highest BCUT2D eigenvalue weighted by Crippen LogP contribution is 2.20. The Labute approximate surface area is 140 Å². The average molecular weight is 338 g/mol. The SMILES string of the molecule is CCCCCCCCn1c(SC)nc2c1c(=O)n(C)c(=O)n2C. The number of aryl methyl sites for hydroxylation is 2. The number of nitrogens with zero attached hydrogens (tertiary/aromatic N) is 4. The summed E-state index contributed by atoms with van der Waals surface area (Å²) in [5.41, 5.74) is 0.419. The van der Waals surface area contributed by atoms with Crippen molar-refractivity contribution in [2.75, 3.05) is 6.26 Å². The summed E-state index contributed by atoms with van der Waals surface area (Å²) in [6, 6.07) is 0. The van der Waals surface area contributed by atoms with Crippen molar-refractivity contribution in [2.45, 2.75) is 57.1 Å². The van der Waals surface area contributed by atoms with Crippen LogP contribution >= 0.6 is 11.8 Å². The number of rotatable bonds is 8. The molecule has 2 aromatic heterocycles. The first kappa shape index (κ1) is 17.8. The van der Waals surface area contributed by atoms with E-state index in [9.17, 15) is 9.59 Å². The second-order valence-corrected chi connectivity index (χ2v) is 6.67. The molecule has 2 heterocycles. The summed E-state index contributed by atoms with van der Waals surface area (Å²) in [5, 5.41) is 0.798. The van der Waals surface area contributed by atoms with Crippen molar-refractivity contribution >= 4 is 22.9 Å². The van der Waals surface area contributed by atoms with Crippen LogP contribution in [0.3, 0.4) is 0 Å². The van der Waals surface area contributed by atoms with Crippen molar-refractivity contribution in [1.82, 2.24) is 18.7 Å². The van der Waals surface area contributed by atoms with Gasteiger partial charge in [0.25, 0.3) is 5.56 Å². The molecule has 7 heteroatoms. The summed E-state index contributed by atoms with van der Waals surface area (Å²) in [6.07, 6.45) is 9.15. The minimum atomic E-state index is -0.334. The smallest absolute Gasteiger partial charge is 0.313 e. The molecule has 0 saturated carbocycles. The fraction of sp³-hybridized carbons (Fsp3) is 0.688. The zero-order valence-corrected chi connectivity index (χ0v) is 15.3. The zero-order chi connectivity index (χ0) is 17.0. The maximum atomic E-state index is 12.5. The van der Waals surface area contributed by atoms with Gasteiger partial charge in [0, 0.05) is 20.6 Å². The van der Waals surface area contributed by atoms with Crippen LogP contribution in [0.2, 0.25) is 0 Å². The van der Waals surface area contributed by atoms with Gasteiger partial charge in [0.05, 0.1) is 0 Å². The third kappa shape index (κ3) is 3.54. The first-order valence-corrected chi connectivity index (χ1v) is 9.45. The van der Waals surface area contributed by atoms with Crippen molar-refractivity contribution < 1.29 is 0 Å². The van der Waals surface area contributed by atoms with Gasteiger partial charge in [-0.3, -0.25) is 13.9 Å². The summed E-state index contributed by atoms with van der Waals surface area (Å²) in [7, 11) is 3.18. The number of fused-ring (bicyclic) bond motifs is 1. The van der Waals surface area contributed by atoms with E-state index in [0.717, 1.165) is 29.1 Å². The van der Waals surface area contributed by atoms with Crippen molar-refractivity contribution in [3.05, 3.63) is 20.8 Å². The number of thioether (sulfide) groups is 1. The summed E-state index contributed by atoms with van der Waals surface area (Å²) in [6.45, 7) is 2.98. The molecule has 2 rings (SSSR count). The van der Waals surface area contributed by atoms with E-state index in [4.69, 9.17) is 0 Å². The molecule has 0 fully saturated rings. The summed E-state index contributed by atoms with van der Waals surface area (Å²) in [5.74, 6) is 0. The molecule has 0 aliphatic heterocycles. The lowest BCUT2D eigenvalue weighted by Gasteiger charge is -2.08. The van der Waals surface area contributed by atoms with Crippen LogP contribution in [0.15, 0.2) is 14.7 Å². The Morgan fingerprint density at radius 1 is 1.00 bits per heavy atom. The van der Waals surface area contributed by atoms with Crippen LogP contribution in [0.25, 0.3) is 11.2 Å². The van der Waals surface area contributed by atoms with Gasteiger partial charge in [-0.1, -0.05) is 50.8 Å². The van der Waals surface area contributed by atoms with Gasteiger partial charge >= 0.3 is 5.69 Å². The molecule has 0 N–H and O–H groups in total. The Bertz CT molecular complexity index is 788. The molecule has 6 nitrogen and oxygen atoms in total. The van der Waals surface area contributed by atoms with Gasteiger partial charge in [0.15, 0.2) is 16.3 Å². The minimum absolute atomic E-state index is 0.262. The quantitative estimate of drug-likeness (QED) is 0.548. The fourth-order valence-electron chi connectivity index (χ4n) is 2.84. The third-order valence-corrected chi connectivity index (χ3v) is 4.91. The number of hydrogen-bond acceptors (Lipinski definition) is 4. The molecule has 0 aliphatic rings. The maximum Gasteiger partial charge on any atom is 0.332 e. The molecule has 128 valence electrons. The predicted molar refractivity (Wildman–Crippen MR) is 95.4 cm³/mol. The monoisotopic (exact) mass is 338 g/mol. The maximum absolute atomic E-state index is 12.5. The topological polar surface area (TPSA) is 61.8 Å². The highest BCUT2D eigenvalue weighted by Gasteiger charge is 2.18. The highest BCUT2D eigenvalue weighted by molar-refractivity contribution is 7.98. The normalized spacial score (nSPS) is 11.5. The van der Waals surface area contributed by atoms with Gasteiger partial charge < -0.3 is 4.57 Å². The number of imidazole rings is 1. The largest absolute Gasteiger partial charge is 0.332 e. The van der Waals surface area contributed by atoms with Crippen molar-refractivity contribution in [3.8, 4) is 0 Å². The molecule has 0 amide bonds. The van der Waals surface area contributed by atoms with Crippen LogP contribution < -0.4 is 11.2 Å². The van der Waals surface area contributed by atoms with Crippen LogP contribution in [0, 0.1) is 0 Å². The zero-order valence-electron chi connectivity index (χ0n) is 14.5. The number of unbranched alkanes of at least 4 members (excludes halogenated alkanes) is 5. The third-order valence-electron chi connectivity index (χ3n) is 4.23. The molecule has 0 radical (unpaired) electrons. The second-order valence-electron chi connectivity index (χ2n) is 5.90. The minimum Gasteiger partial charge on any atom is -0.313 e. The van der Waals surface area contributed by atoms with Gasteiger partial charge in [0.1, 0.15) is 0 Å². The summed E-state index contributed by atoms with van der Waals surface area (Å²) < 4.78 is 4.58. The lowest BCUT2D eigenvalue weighted by atomic mass is 10.1. The molecule has 0 bridgehead atoms. The fourth-order valence-corrected chi connectivity index (χ4v) is 3.42. The first-order valence-electron chi connectivity index (χ1n) is 8.23. The van der Waals surface area contributed by atoms with Crippen molar-refractivity contribution in [3.63, 3.8) is 0 Å². The van der Waals surface area contributed by atoms with E-state index in [-0.39, 0.29) is 11.2 Å². The molecule has 0 atom stereocenters. The molecular weight excluding hydrogens is 312 g/mol. The van der Waals surface area contributed by atoms with E-state index < -0.39 is 0 Å². The van der Waals surface area contributed by atoms with E-state index in [1.165, 1.54) is 49.1 Å². The van der Waals surface area contributed by atoms with Gasteiger partial charge in [-0.25, -0.2) is 9.78 Å². The molecule has 0 spiro atoms. The lowest BCUT2D eigenvalue weighted by molar-refractivity contribution is 0.543. The highest BCUT2D eigenvalue weighted by atomic mass is 32.2. The van der Waals surface area contributed by atoms with Crippen LogP contribution in [0.4, 0.5) is 0 Å². The molecular formula is C16H26N4O2S. The van der Waals surface area contributed by atoms with Crippen LogP contribution in [0.5, 0.6) is 0 Å². The van der Waals surface area contributed by atoms with Gasteiger partial charge in [-0.15, -0.1) is 0 Å². The Kier molecular flexibility index (Phi) is 6.10. The van der Waals surface area contributed by atoms with Crippen LogP contribution in [-0.2, 0) is 20.6 Å². The standard InChI is InChI=1S/C16H26N4O2S/c1-5-6-7-8-9-10-11-20-12-13(17-15(20)23-4)18(2)16(22)19(3)14(12)21/h5-11H2,1-4H3. The lowest BCUT2D eigenvalue weighted by Crippen LogP contribution is -2.37. The van der Waals surface area contributed by atoms with Gasteiger partial charge in [-0.05, 0) is 12.7 Å². The first-order chi connectivity index (χ1) is 11.0. The van der Waals surface area contributed by atoms with E-state index in [1.54, 1.807) is 7.05 Å². The molecule has 2 aromatic rings.